The van der Waals surface area contributed by atoms with Gasteiger partial charge in [-0.25, -0.2) is 14.8 Å². The molecule has 1 amide bonds. The number of aromatic amines is 1. The molecule has 2 aliphatic rings. The van der Waals surface area contributed by atoms with Crippen molar-refractivity contribution < 1.29 is 9.53 Å². The number of thiazole rings is 1. The molecule has 2 saturated heterocycles. The number of hydrogen-bond acceptors (Lipinski definition) is 9. The average Bonchev–Trinajstić information content (AvgIpc) is 3.35. The van der Waals surface area contributed by atoms with Crippen molar-refractivity contribution >= 4 is 45.4 Å². The number of fused-ring (bicyclic) bond motifs is 3. The minimum absolute atomic E-state index is 0.168. The predicted octanol–water partition coefficient (Wildman–Crippen LogP) is 4.59. The summed E-state index contributed by atoms with van der Waals surface area (Å²) in [7, 11) is 0. The van der Waals surface area contributed by atoms with Gasteiger partial charge in [0.25, 0.3) is 0 Å². The summed E-state index contributed by atoms with van der Waals surface area (Å²) in [4.78, 5) is 29.5. The number of nitrogens with zero attached hydrogens (tertiary/aromatic N) is 5. The molecular formula is C22H30N8O2S. The number of piperidine rings is 2. The van der Waals surface area contributed by atoms with Crippen LogP contribution in [0.3, 0.4) is 0 Å². The zero-order chi connectivity index (χ0) is 23.2. The fourth-order valence-corrected chi connectivity index (χ4v) is 5.47. The van der Waals surface area contributed by atoms with E-state index in [1.165, 1.54) is 11.3 Å². The number of carbonyl (C=O) groups excluding carboxylic acids is 1. The lowest BCUT2D eigenvalue weighted by molar-refractivity contribution is -0.0199. The van der Waals surface area contributed by atoms with Crippen LogP contribution >= 0.6 is 11.3 Å². The van der Waals surface area contributed by atoms with Gasteiger partial charge < -0.3 is 20.3 Å². The molecule has 0 spiro atoms. The highest BCUT2D eigenvalue weighted by Gasteiger charge is 2.42. The molecule has 2 atom stereocenters. The Labute approximate surface area is 196 Å². The maximum atomic E-state index is 12.9. The number of hydrogen-bond donors (Lipinski definition) is 3. The molecule has 3 aromatic heterocycles. The van der Waals surface area contributed by atoms with Gasteiger partial charge in [-0.3, -0.25) is 5.10 Å². The van der Waals surface area contributed by atoms with Crippen LogP contribution in [0.5, 0.6) is 0 Å². The second kappa shape index (κ2) is 8.44. The Bertz CT molecular complexity index is 1140. The molecule has 2 bridgehead atoms. The monoisotopic (exact) mass is 470 g/mol. The Balaban J connectivity index is 1.34. The van der Waals surface area contributed by atoms with Crippen molar-refractivity contribution in [2.75, 3.05) is 10.6 Å². The molecule has 0 aliphatic carbocycles. The molecular weight excluding hydrogens is 440 g/mol. The normalized spacial score (nSPS) is 22.9. The summed E-state index contributed by atoms with van der Waals surface area (Å²) in [6, 6.07) is 2.44. The molecule has 0 radical (unpaired) electrons. The Morgan fingerprint density at radius 1 is 1.24 bits per heavy atom. The van der Waals surface area contributed by atoms with E-state index in [0.717, 1.165) is 48.1 Å². The third-order valence-electron chi connectivity index (χ3n) is 6.06. The van der Waals surface area contributed by atoms with Gasteiger partial charge in [0.15, 0.2) is 16.5 Å². The molecule has 5 rings (SSSR count). The number of nitrogens with one attached hydrogen (secondary N) is 3. The van der Waals surface area contributed by atoms with Gasteiger partial charge in [0, 0.05) is 29.9 Å². The van der Waals surface area contributed by atoms with Gasteiger partial charge in [-0.1, -0.05) is 0 Å². The number of amides is 1. The molecule has 0 aromatic carbocycles. The predicted molar refractivity (Wildman–Crippen MR) is 128 cm³/mol. The summed E-state index contributed by atoms with van der Waals surface area (Å²) < 4.78 is 5.70. The zero-order valence-electron chi connectivity index (χ0n) is 19.4. The molecule has 2 aliphatic heterocycles. The largest absolute Gasteiger partial charge is 0.444 e. The van der Waals surface area contributed by atoms with Crippen molar-refractivity contribution in [1.82, 2.24) is 30.0 Å². The second-order valence-electron chi connectivity index (χ2n) is 9.90. The lowest BCUT2D eigenvalue weighted by atomic mass is 9.82. The van der Waals surface area contributed by atoms with Crippen molar-refractivity contribution in [3.05, 3.63) is 17.3 Å². The summed E-state index contributed by atoms with van der Waals surface area (Å²) in [6.45, 7) is 7.69. The molecule has 2 unspecified atom stereocenters. The first-order valence-electron chi connectivity index (χ1n) is 11.4. The maximum absolute atomic E-state index is 12.9. The summed E-state index contributed by atoms with van der Waals surface area (Å²) in [5.74, 6) is 1.88. The Morgan fingerprint density at radius 3 is 2.67 bits per heavy atom. The van der Waals surface area contributed by atoms with Gasteiger partial charge in [0.05, 0.1) is 5.51 Å². The van der Waals surface area contributed by atoms with Crippen LogP contribution in [0.15, 0.2) is 11.6 Å². The number of aromatic nitrogens is 5. The van der Waals surface area contributed by atoms with Crippen molar-refractivity contribution in [3.63, 3.8) is 0 Å². The average molecular weight is 471 g/mol. The highest BCUT2D eigenvalue weighted by atomic mass is 32.1. The SMILES string of the molecule is Cc1cc(Nc2nc(NC3CC4CCCC(C3)N4C(=O)OC(C)(C)C)nc3scnc23)n[nH]1. The zero-order valence-corrected chi connectivity index (χ0v) is 20.2. The minimum atomic E-state index is -0.491. The standard InChI is InChI=1S/C22H30N8O2S/c1-12-8-16(29-28-12)25-18-17-19(33-11-23-17)27-20(26-18)24-13-9-14-6-5-7-15(10-13)30(14)21(31)32-22(2,3)4/h8,11,13-15H,5-7,9-10H2,1-4H3,(H3,24,25,26,27,28,29). The molecule has 11 heteroatoms. The summed E-state index contributed by atoms with van der Waals surface area (Å²) in [5.41, 5.74) is 2.97. The fourth-order valence-electron chi connectivity index (χ4n) is 4.81. The first kappa shape index (κ1) is 21.9. The van der Waals surface area contributed by atoms with Gasteiger partial charge in [-0.15, -0.1) is 11.3 Å². The Morgan fingerprint density at radius 2 is 2.00 bits per heavy atom. The van der Waals surface area contributed by atoms with E-state index in [1.54, 1.807) is 5.51 Å². The highest BCUT2D eigenvalue weighted by Crippen LogP contribution is 2.36. The van der Waals surface area contributed by atoms with E-state index < -0.39 is 5.60 Å². The molecule has 10 nitrogen and oxygen atoms in total. The summed E-state index contributed by atoms with van der Waals surface area (Å²) in [6.07, 6.45) is 4.63. The molecule has 0 saturated carbocycles. The van der Waals surface area contributed by atoms with E-state index in [4.69, 9.17) is 14.7 Å². The van der Waals surface area contributed by atoms with Crippen LogP contribution in [0.2, 0.25) is 0 Å². The molecule has 3 N–H and O–H groups in total. The maximum Gasteiger partial charge on any atom is 0.410 e. The minimum Gasteiger partial charge on any atom is -0.444 e. The van der Waals surface area contributed by atoms with Gasteiger partial charge >= 0.3 is 6.09 Å². The van der Waals surface area contributed by atoms with Crippen molar-refractivity contribution in [2.24, 2.45) is 0 Å². The van der Waals surface area contributed by atoms with Crippen LogP contribution in [0.25, 0.3) is 10.3 Å². The fraction of sp³-hybridized carbons (Fsp3) is 0.591. The highest BCUT2D eigenvalue weighted by molar-refractivity contribution is 7.16. The third kappa shape index (κ3) is 4.73. The van der Waals surface area contributed by atoms with Crippen LogP contribution in [-0.4, -0.2) is 59.9 Å². The number of rotatable bonds is 4. The van der Waals surface area contributed by atoms with Crippen molar-refractivity contribution in [2.45, 2.75) is 83.5 Å². The lowest BCUT2D eigenvalue weighted by Gasteiger charge is -2.48. The van der Waals surface area contributed by atoms with E-state index in [-0.39, 0.29) is 24.2 Å². The second-order valence-corrected chi connectivity index (χ2v) is 10.7. The molecule has 33 heavy (non-hydrogen) atoms. The quantitative estimate of drug-likeness (QED) is 0.506. The van der Waals surface area contributed by atoms with Gasteiger partial charge in [-0.05, 0) is 59.8 Å². The first-order chi connectivity index (χ1) is 15.7. The Hall–Kier alpha value is -2.95. The summed E-state index contributed by atoms with van der Waals surface area (Å²) in [5, 5.41) is 14.0. The molecule has 176 valence electrons. The van der Waals surface area contributed by atoms with E-state index in [9.17, 15) is 4.79 Å². The molecule has 2 fully saturated rings. The van der Waals surface area contributed by atoms with Crippen LogP contribution in [-0.2, 0) is 4.74 Å². The molecule has 5 heterocycles. The lowest BCUT2D eigenvalue weighted by Crippen LogP contribution is -2.58. The van der Waals surface area contributed by atoms with Crippen LogP contribution in [0, 0.1) is 6.92 Å². The van der Waals surface area contributed by atoms with Crippen LogP contribution in [0.4, 0.5) is 22.4 Å². The van der Waals surface area contributed by atoms with Crippen molar-refractivity contribution in [3.8, 4) is 0 Å². The number of carbonyl (C=O) groups is 1. The number of H-pyrrole nitrogens is 1. The topological polar surface area (TPSA) is 121 Å². The summed E-state index contributed by atoms with van der Waals surface area (Å²) >= 11 is 1.48. The smallest absolute Gasteiger partial charge is 0.410 e. The van der Waals surface area contributed by atoms with Gasteiger partial charge in [0.2, 0.25) is 5.95 Å². The van der Waals surface area contributed by atoms with Crippen molar-refractivity contribution in [1.29, 1.82) is 0 Å². The van der Waals surface area contributed by atoms with E-state index in [1.807, 2.05) is 38.7 Å². The van der Waals surface area contributed by atoms with Crippen LogP contribution < -0.4 is 10.6 Å². The number of anilines is 3. The first-order valence-corrected chi connectivity index (χ1v) is 12.3. The Kier molecular flexibility index (Phi) is 5.59. The van der Waals surface area contributed by atoms with Gasteiger partial charge in [0.1, 0.15) is 11.1 Å². The third-order valence-corrected chi connectivity index (χ3v) is 6.78. The van der Waals surface area contributed by atoms with E-state index in [0.29, 0.717) is 17.6 Å². The molecule has 3 aromatic rings. The number of aryl methyl sites for hydroxylation is 1. The van der Waals surface area contributed by atoms with Gasteiger partial charge in [-0.2, -0.15) is 10.1 Å². The van der Waals surface area contributed by atoms with Crippen LogP contribution in [0.1, 0.15) is 58.6 Å². The van der Waals surface area contributed by atoms with E-state index in [2.05, 4.69) is 25.8 Å². The number of ether oxygens (including phenoxy) is 1. The van der Waals surface area contributed by atoms with E-state index >= 15 is 0 Å².